The van der Waals surface area contributed by atoms with Gasteiger partial charge in [0, 0.05) is 16.4 Å². The summed E-state index contributed by atoms with van der Waals surface area (Å²) < 4.78 is 7.01. The van der Waals surface area contributed by atoms with Crippen molar-refractivity contribution in [2.24, 2.45) is 0 Å². The fraction of sp³-hybridized carbons (Fsp3) is 0.318. The summed E-state index contributed by atoms with van der Waals surface area (Å²) in [4.78, 5) is 16.0. The highest BCUT2D eigenvalue weighted by Crippen LogP contribution is 2.34. The number of ether oxygens (including phenoxy) is 1. The van der Waals surface area contributed by atoms with Crippen LogP contribution in [0.3, 0.4) is 0 Å². The molecule has 3 N–H and O–H groups in total. The molecule has 0 unspecified atom stereocenters. The molecule has 1 aliphatic heterocycles. The molecule has 1 atom stereocenters. The standard InChI is InChI=1S/C22H24N4O3S/c1-3-4-7-12-30-22-24-21(28)19-15-8-5-6-9-16(15)23-20(26(19)25-22)14-10-11-17(27)18(13-14)29-2/h5-6,8-11,13,20H,3-4,7,12H2,1-2H3,(H2,24,25,27,28)/p+1/t20-/m1/s1. The maximum Gasteiger partial charge on any atom is 0.325 e. The van der Waals surface area contributed by atoms with Crippen molar-refractivity contribution in [3.63, 3.8) is 0 Å². The molecule has 0 fully saturated rings. The molecule has 8 heteroatoms. The van der Waals surface area contributed by atoms with Crippen LogP contribution in [0.1, 0.15) is 37.9 Å². The number of nitrogens with one attached hydrogen (secondary N) is 2. The molecule has 0 saturated heterocycles. The number of benzene rings is 2. The molecule has 2 heterocycles. The van der Waals surface area contributed by atoms with E-state index in [2.05, 4.69) is 17.2 Å². The molecule has 0 spiro atoms. The van der Waals surface area contributed by atoms with Gasteiger partial charge in [-0.3, -0.25) is 9.78 Å². The topological polar surface area (TPSA) is 91.1 Å². The van der Waals surface area contributed by atoms with Crippen LogP contribution in [-0.2, 0) is 0 Å². The molecule has 156 valence electrons. The Morgan fingerprint density at radius 2 is 2.07 bits per heavy atom. The predicted octanol–water partition coefficient (Wildman–Crippen LogP) is 3.69. The number of aromatic amines is 1. The normalized spacial score (nSPS) is 14.5. The lowest BCUT2D eigenvalue weighted by molar-refractivity contribution is -0.759. The van der Waals surface area contributed by atoms with Crippen LogP contribution in [-0.4, -0.2) is 28.1 Å². The number of hydrogen-bond acceptors (Lipinski definition) is 6. The molecule has 3 aromatic rings. The Balaban J connectivity index is 1.81. The van der Waals surface area contributed by atoms with Crippen LogP contribution in [0.2, 0.25) is 0 Å². The number of aromatic hydroxyl groups is 1. The summed E-state index contributed by atoms with van der Waals surface area (Å²) in [6, 6.07) is 12.8. The Labute approximate surface area is 179 Å². The SMILES string of the molecule is CCCCCSc1n[n+]2c(c(=O)[nH]1)-c1ccccc1N[C@H]2c1ccc(O)c(OC)c1. The highest BCUT2D eigenvalue weighted by atomic mass is 32.2. The fourth-order valence-electron chi connectivity index (χ4n) is 3.56. The van der Waals surface area contributed by atoms with E-state index in [0.717, 1.165) is 41.8 Å². The highest BCUT2D eigenvalue weighted by molar-refractivity contribution is 7.99. The summed E-state index contributed by atoms with van der Waals surface area (Å²) in [5, 5.41) is 18.8. The van der Waals surface area contributed by atoms with Crippen LogP contribution in [0, 0.1) is 0 Å². The van der Waals surface area contributed by atoms with E-state index < -0.39 is 6.17 Å². The van der Waals surface area contributed by atoms with Crippen molar-refractivity contribution in [1.29, 1.82) is 0 Å². The Morgan fingerprint density at radius 1 is 1.23 bits per heavy atom. The molecule has 0 bridgehead atoms. The number of H-pyrrole nitrogens is 1. The van der Waals surface area contributed by atoms with Crippen LogP contribution in [0.25, 0.3) is 11.3 Å². The first kappa shape index (κ1) is 20.3. The number of fused-ring (bicyclic) bond motifs is 3. The van der Waals surface area contributed by atoms with Gasteiger partial charge in [-0.2, -0.15) is 0 Å². The van der Waals surface area contributed by atoms with E-state index in [1.54, 1.807) is 34.6 Å². The van der Waals surface area contributed by atoms with Crippen molar-refractivity contribution in [1.82, 2.24) is 10.1 Å². The average Bonchev–Trinajstić information content (AvgIpc) is 2.76. The van der Waals surface area contributed by atoms with E-state index in [-0.39, 0.29) is 11.3 Å². The van der Waals surface area contributed by atoms with Gasteiger partial charge in [0.15, 0.2) is 11.5 Å². The molecule has 1 aliphatic rings. The van der Waals surface area contributed by atoms with Crippen molar-refractivity contribution < 1.29 is 14.5 Å². The van der Waals surface area contributed by atoms with Gasteiger partial charge in [0.2, 0.25) is 5.16 Å². The second-order valence-corrected chi connectivity index (χ2v) is 8.22. The van der Waals surface area contributed by atoms with Gasteiger partial charge in [0.25, 0.3) is 6.17 Å². The van der Waals surface area contributed by atoms with E-state index in [9.17, 15) is 9.90 Å². The summed E-state index contributed by atoms with van der Waals surface area (Å²) in [6.07, 6.45) is 2.96. The van der Waals surface area contributed by atoms with Gasteiger partial charge in [0.1, 0.15) is 0 Å². The van der Waals surface area contributed by atoms with Gasteiger partial charge in [-0.25, -0.2) is 0 Å². The third-order valence-corrected chi connectivity index (χ3v) is 6.04. The zero-order valence-electron chi connectivity index (χ0n) is 17.0. The van der Waals surface area contributed by atoms with Gasteiger partial charge in [-0.15, -0.1) is 0 Å². The minimum Gasteiger partial charge on any atom is -0.504 e. The summed E-state index contributed by atoms with van der Waals surface area (Å²) in [7, 11) is 1.51. The molecule has 2 aromatic carbocycles. The number of aromatic nitrogens is 3. The number of thioether (sulfide) groups is 1. The van der Waals surface area contributed by atoms with E-state index >= 15 is 0 Å². The highest BCUT2D eigenvalue weighted by Gasteiger charge is 2.37. The largest absolute Gasteiger partial charge is 0.504 e. The van der Waals surface area contributed by atoms with Crippen LogP contribution in [0.5, 0.6) is 11.5 Å². The van der Waals surface area contributed by atoms with Gasteiger partial charge in [-0.1, -0.05) is 43.7 Å². The minimum atomic E-state index is -0.415. The fourth-order valence-corrected chi connectivity index (χ4v) is 4.42. The third-order valence-electron chi connectivity index (χ3n) is 5.09. The summed E-state index contributed by atoms with van der Waals surface area (Å²) in [5.41, 5.74) is 2.80. The lowest BCUT2D eigenvalue weighted by Crippen LogP contribution is -2.55. The van der Waals surface area contributed by atoms with E-state index in [1.165, 1.54) is 7.11 Å². The van der Waals surface area contributed by atoms with Crippen molar-refractivity contribution in [2.45, 2.75) is 37.5 Å². The second-order valence-electron chi connectivity index (χ2n) is 7.13. The first-order valence-corrected chi connectivity index (χ1v) is 11.0. The number of unbranched alkanes of at least 4 members (excludes halogenated alkanes) is 2. The maximum atomic E-state index is 13.1. The first-order chi connectivity index (χ1) is 14.6. The molecule has 30 heavy (non-hydrogen) atoms. The van der Waals surface area contributed by atoms with E-state index in [1.807, 2.05) is 24.3 Å². The van der Waals surface area contributed by atoms with Gasteiger partial charge < -0.3 is 15.2 Å². The van der Waals surface area contributed by atoms with Crippen LogP contribution in [0.4, 0.5) is 5.69 Å². The molecule has 1 aromatic heterocycles. The summed E-state index contributed by atoms with van der Waals surface area (Å²) >= 11 is 1.56. The average molecular weight is 426 g/mol. The third kappa shape index (κ3) is 3.87. The van der Waals surface area contributed by atoms with Gasteiger partial charge in [-0.05, 0) is 41.4 Å². The molecular formula is C22H25N4O3S+. The number of methoxy groups -OCH3 is 1. The maximum absolute atomic E-state index is 13.1. The van der Waals surface area contributed by atoms with Gasteiger partial charge >= 0.3 is 11.3 Å². The van der Waals surface area contributed by atoms with Crippen LogP contribution < -0.4 is 20.3 Å². The van der Waals surface area contributed by atoms with E-state index in [4.69, 9.17) is 9.84 Å². The Hall–Kier alpha value is -3.00. The van der Waals surface area contributed by atoms with Crippen molar-refractivity contribution in [2.75, 3.05) is 18.2 Å². The number of rotatable bonds is 7. The lowest BCUT2D eigenvalue weighted by Gasteiger charge is -2.22. The number of hydrogen-bond donors (Lipinski definition) is 3. The number of phenols is 1. The number of nitrogens with zero attached hydrogens (tertiary/aromatic N) is 2. The van der Waals surface area contributed by atoms with E-state index in [0.29, 0.717) is 16.6 Å². The van der Waals surface area contributed by atoms with Crippen molar-refractivity contribution in [3.8, 4) is 22.8 Å². The molecule has 0 saturated carbocycles. The first-order valence-electron chi connectivity index (χ1n) is 10.0. The predicted molar refractivity (Wildman–Crippen MR) is 117 cm³/mol. The molecule has 7 nitrogen and oxygen atoms in total. The zero-order valence-corrected chi connectivity index (χ0v) is 17.8. The quantitative estimate of drug-likeness (QED) is 0.304. The molecule has 0 radical (unpaired) electrons. The Morgan fingerprint density at radius 3 is 2.87 bits per heavy atom. The lowest BCUT2D eigenvalue weighted by atomic mass is 10.0. The summed E-state index contributed by atoms with van der Waals surface area (Å²) in [6.45, 7) is 2.17. The Kier molecular flexibility index (Phi) is 5.94. The zero-order chi connectivity index (χ0) is 21.1. The molecular weight excluding hydrogens is 400 g/mol. The van der Waals surface area contributed by atoms with Gasteiger partial charge in [0.05, 0.1) is 18.4 Å². The molecule has 0 aliphatic carbocycles. The molecule has 0 amide bonds. The number of phenolic OH excluding ortho intramolecular Hbond substituents is 1. The van der Waals surface area contributed by atoms with Crippen molar-refractivity contribution in [3.05, 3.63) is 58.4 Å². The molecule has 4 rings (SSSR count). The monoisotopic (exact) mass is 425 g/mol. The summed E-state index contributed by atoms with van der Waals surface area (Å²) in [5.74, 6) is 1.33. The number of para-hydroxylation sites is 1. The smallest absolute Gasteiger partial charge is 0.325 e. The minimum absolute atomic E-state index is 0.0636. The van der Waals surface area contributed by atoms with Crippen LogP contribution in [0.15, 0.2) is 52.4 Å². The number of anilines is 1. The Bertz CT molecular complexity index is 1120. The second kappa shape index (κ2) is 8.79. The van der Waals surface area contributed by atoms with Crippen molar-refractivity contribution >= 4 is 17.4 Å². The van der Waals surface area contributed by atoms with Crippen LogP contribution >= 0.6 is 11.8 Å².